The number of benzene rings is 1. The molecule has 5 nitrogen and oxygen atoms in total. The third-order valence-corrected chi connectivity index (χ3v) is 7.91. The number of piperazine rings is 1. The van der Waals surface area contributed by atoms with Crippen molar-refractivity contribution in [3.8, 4) is 0 Å². The van der Waals surface area contributed by atoms with Crippen LogP contribution in [0.25, 0.3) is 0 Å². The Labute approximate surface area is 222 Å². The van der Waals surface area contributed by atoms with Crippen LogP contribution in [0.5, 0.6) is 0 Å². The first kappa shape index (κ1) is 29.7. The van der Waals surface area contributed by atoms with Gasteiger partial charge in [0, 0.05) is 62.8 Å². The van der Waals surface area contributed by atoms with E-state index in [2.05, 4.69) is 28.7 Å². The fourth-order valence-electron chi connectivity index (χ4n) is 5.59. The molecule has 0 bridgehead atoms. The second-order valence-corrected chi connectivity index (χ2v) is 11.0. The summed E-state index contributed by atoms with van der Waals surface area (Å²) < 4.78 is 29.9. The Kier molecular flexibility index (Phi) is 12.5. The van der Waals surface area contributed by atoms with E-state index in [1.54, 1.807) is 23.1 Å². The van der Waals surface area contributed by atoms with Crippen LogP contribution >= 0.6 is 0 Å². The lowest BCUT2D eigenvalue weighted by molar-refractivity contribution is -0.0346. The molecule has 2 atom stereocenters. The first-order valence-electron chi connectivity index (χ1n) is 14.5. The third-order valence-electron chi connectivity index (χ3n) is 7.91. The molecule has 1 N–H and O–H groups in total. The topological polar surface area (TPSA) is 44.5 Å². The number of nitrogens with zero attached hydrogens (tertiary/aromatic N) is 4. The molecule has 0 aliphatic carbocycles. The molecular weight excluding hydrogens is 470 g/mol. The molecule has 7 heteroatoms. The number of hydrogen-bond acceptors (Lipinski definition) is 4. The van der Waals surface area contributed by atoms with Gasteiger partial charge in [-0.1, -0.05) is 77.2 Å². The number of hydrogen-bond donors (Lipinski definition) is 1. The molecule has 1 aromatic carbocycles. The number of halogens is 2. The molecule has 1 fully saturated rings. The van der Waals surface area contributed by atoms with Crippen molar-refractivity contribution in [1.82, 2.24) is 19.6 Å². The lowest BCUT2D eigenvalue weighted by Crippen LogP contribution is -2.54. The Hall–Kier alpha value is -1.83. The molecule has 0 spiro atoms. The van der Waals surface area contributed by atoms with Crippen molar-refractivity contribution in [2.45, 2.75) is 103 Å². The molecule has 0 saturated carbocycles. The monoisotopic (exact) mass is 518 g/mol. The lowest BCUT2D eigenvalue weighted by Gasteiger charge is -2.41. The predicted octanol–water partition coefficient (Wildman–Crippen LogP) is 6.37. The minimum absolute atomic E-state index is 0.109. The summed E-state index contributed by atoms with van der Waals surface area (Å²) in [5.41, 5.74) is -1.39. The largest absolute Gasteiger partial charge is 0.382 e. The van der Waals surface area contributed by atoms with Crippen molar-refractivity contribution >= 4 is 0 Å². The Morgan fingerprint density at radius 1 is 0.919 bits per heavy atom. The van der Waals surface area contributed by atoms with E-state index in [4.69, 9.17) is 0 Å². The molecule has 3 rings (SSSR count). The van der Waals surface area contributed by atoms with E-state index < -0.39 is 17.2 Å². The van der Waals surface area contributed by atoms with Crippen LogP contribution in [0.3, 0.4) is 0 Å². The van der Waals surface area contributed by atoms with Crippen LogP contribution in [0.1, 0.15) is 90.0 Å². The van der Waals surface area contributed by atoms with Crippen LogP contribution in [0.4, 0.5) is 8.78 Å². The SMILES string of the molecule is CCCCCCCCCCCCC(C)N1CCN(CC(O)(Cn2cccn2)c2ccc(F)cc2F)CC1. The van der Waals surface area contributed by atoms with Gasteiger partial charge in [-0.3, -0.25) is 14.5 Å². The Morgan fingerprint density at radius 2 is 1.57 bits per heavy atom. The highest BCUT2D eigenvalue weighted by Crippen LogP contribution is 2.28. The molecule has 2 aromatic rings. The van der Waals surface area contributed by atoms with Crippen LogP contribution in [-0.2, 0) is 12.1 Å². The smallest absolute Gasteiger partial charge is 0.132 e. The van der Waals surface area contributed by atoms with Crippen LogP contribution < -0.4 is 0 Å². The van der Waals surface area contributed by atoms with Gasteiger partial charge in [-0.25, -0.2) is 8.78 Å². The molecule has 0 amide bonds. The van der Waals surface area contributed by atoms with E-state index in [0.717, 1.165) is 32.2 Å². The first-order valence-corrected chi connectivity index (χ1v) is 14.5. The molecule has 1 aliphatic rings. The Bertz CT molecular complexity index is 886. The maximum absolute atomic E-state index is 14.7. The van der Waals surface area contributed by atoms with E-state index in [-0.39, 0.29) is 18.7 Å². The van der Waals surface area contributed by atoms with Crippen LogP contribution in [0.2, 0.25) is 0 Å². The lowest BCUT2D eigenvalue weighted by atomic mass is 9.92. The molecule has 0 radical (unpaired) electrons. The average Bonchev–Trinajstić information content (AvgIpc) is 3.38. The van der Waals surface area contributed by atoms with Gasteiger partial charge in [0.25, 0.3) is 0 Å². The van der Waals surface area contributed by atoms with Gasteiger partial charge in [0.2, 0.25) is 0 Å². The minimum atomic E-state index is -1.51. The zero-order valence-electron chi connectivity index (χ0n) is 23.1. The zero-order valence-corrected chi connectivity index (χ0v) is 23.1. The van der Waals surface area contributed by atoms with Gasteiger partial charge >= 0.3 is 0 Å². The summed E-state index contributed by atoms with van der Waals surface area (Å²) in [6.45, 7) is 8.47. The fourth-order valence-corrected chi connectivity index (χ4v) is 5.59. The second-order valence-electron chi connectivity index (χ2n) is 11.0. The fraction of sp³-hybridized carbons (Fsp3) is 0.700. The number of β-amino-alcohol motifs (C(OH)–C–C–N with tert-alkyl or cyclic N) is 1. The summed E-state index contributed by atoms with van der Waals surface area (Å²) in [6.07, 6.45) is 18.2. The van der Waals surface area contributed by atoms with Gasteiger partial charge in [0.1, 0.15) is 17.2 Å². The number of aliphatic hydroxyl groups is 1. The van der Waals surface area contributed by atoms with Crippen molar-refractivity contribution in [2.24, 2.45) is 0 Å². The second kappa shape index (κ2) is 15.6. The minimum Gasteiger partial charge on any atom is -0.382 e. The Morgan fingerprint density at radius 3 is 2.16 bits per heavy atom. The summed E-state index contributed by atoms with van der Waals surface area (Å²) in [6, 6.07) is 5.74. The highest BCUT2D eigenvalue weighted by molar-refractivity contribution is 5.26. The van der Waals surface area contributed by atoms with Crippen molar-refractivity contribution in [1.29, 1.82) is 0 Å². The molecule has 208 valence electrons. The van der Waals surface area contributed by atoms with Crippen molar-refractivity contribution in [2.75, 3.05) is 32.7 Å². The third kappa shape index (κ3) is 9.77. The summed E-state index contributed by atoms with van der Waals surface area (Å²) >= 11 is 0. The predicted molar refractivity (Wildman–Crippen MR) is 146 cm³/mol. The summed E-state index contributed by atoms with van der Waals surface area (Å²) in [5, 5.41) is 15.8. The average molecular weight is 519 g/mol. The van der Waals surface area contributed by atoms with E-state index in [9.17, 15) is 13.9 Å². The molecule has 1 aliphatic heterocycles. The van der Waals surface area contributed by atoms with Gasteiger partial charge < -0.3 is 5.11 Å². The Balaban J connectivity index is 1.41. The molecular formula is C30H48F2N4O. The van der Waals surface area contributed by atoms with Crippen molar-refractivity contribution in [3.05, 3.63) is 53.9 Å². The van der Waals surface area contributed by atoms with E-state index in [0.29, 0.717) is 6.04 Å². The van der Waals surface area contributed by atoms with E-state index in [1.165, 1.54) is 82.8 Å². The molecule has 37 heavy (non-hydrogen) atoms. The van der Waals surface area contributed by atoms with Crippen molar-refractivity contribution < 1.29 is 13.9 Å². The summed E-state index contributed by atoms with van der Waals surface area (Å²) in [4.78, 5) is 4.73. The van der Waals surface area contributed by atoms with Crippen molar-refractivity contribution in [3.63, 3.8) is 0 Å². The summed E-state index contributed by atoms with van der Waals surface area (Å²) in [7, 11) is 0. The van der Waals surface area contributed by atoms with Gasteiger partial charge in [0.15, 0.2) is 0 Å². The van der Waals surface area contributed by atoms with Gasteiger partial charge in [-0.05, 0) is 25.5 Å². The maximum atomic E-state index is 14.7. The van der Waals surface area contributed by atoms with Gasteiger partial charge in [-0.2, -0.15) is 5.10 Å². The maximum Gasteiger partial charge on any atom is 0.132 e. The zero-order chi connectivity index (χ0) is 26.5. The quantitative estimate of drug-likeness (QED) is 0.247. The normalized spacial score (nSPS) is 17.6. The number of aromatic nitrogens is 2. The van der Waals surface area contributed by atoms with Crippen LogP contribution in [0, 0.1) is 11.6 Å². The number of rotatable bonds is 17. The first-order chi connectivity index (χ1) is 17.9. The van der Waals surface area contributed by atoms with Crippen LogP contribution in [0.15, 0.2) is 36.7 Å². The van der Waals surface area contributed by atoms with Crippen LogP contribution in [-0.4, -0.2) is 63.5 Å². The highest BCUT2D eigenvalue weighted by atomic mass is 19.1. The number of unbranched alkanes of at least 4 members (excludes halogenated alkanes) is 9. The molecule has 1 aromatic heterocycles. The highest BCUT2D eigenvalue weighted by Gasteiger charge is 2.36. The molecule has 2 unspecified atom stereocenters. The molecule has 1 saturated heterocycles. The van der Waals surface area contributed by atoms with Gasteiger partial charge in [0.05, 0.1) is 6.54 Å². The van der Waals surface area contributed by atoms with E-state index >= 15 is 0 Å². The molecule has 2 heterocycles. The summed E-state index contributed by atoms with van der Waals surface area (Å²) in [5.74, 6) is -1.37. The standard InChI is InChI=1S/C30H48F2N4O/c1-3-4-5-6-7-8-9-10-11-12-14-26(2)35-21-19-34(20-22-35)24-30(37,25-36-18-13-17-33-36)28-16-15-27(31)23-29(28)32/h13,15-18,23,26,37H,3-12,14,19-22,24-25H2,1-2H3. The van der Waals surface area contributed by atoms with Gasteiger partial charge in [-0.15, -0.1) is 0 Å². The van der Waals surface area contributed by atoms with E-state index in [1.807, 2.05) is 0 Å².